The molecule has 2 nitrogen and oxygen atoms in total. The molecule has 0 amide bonds. The summed E-state index contributed by atoms with van der Waals surface area (Å²) in [4.78, 5) is 0. The van der Waals surface area contributed by atoms with Gasteiger partial charge in [-0.2, -0.15) is 0 Å². The maximum absolute atomic E-state index is 10.8. The molecule has 2 unspecified atom stereocenters. The average molecular weight is 349 g/mol. The van der Waals surface area contributed by atoms with E-state index in [1.165, 1.54) is 51.4 Å². The highest BCUT2D eigenvalue weighted by Gasteiger charge is 2.56. The first-order chi connectivity index (χ1) is 11.9. The van der Waals surface area contributed by atoms with Crippen molar-refractivity contribution in [1.29, 1.82) is 0 Å². The molecular weight excluding hydrogens is 308 g/mol. The van der Waals surface area contributed by atoms with Crippen LogP contribution >= 0.6 is 0 Å². The summed E-state index contributed by atoms with van der Waals surface area (Å²) in [7, 11) is 0. The van der Waals surface area contributed by atoms with E-state index in [0.717, 1.165) is 48.9 Å². The van der Waals surface area contributed by atoms with Gasteiger partial charge in [-0.3, -0.25) is 0 Å². The van der Waals surface area contributed by atoms with Gasteiger partial charge in [0, 0.05) is 0 Å². The van der Waals surface area contributed by atoms with Gasteiger partial charge in [-0.25, -0.2) is 0 Å². The fourth-order valence-electron chi connectivity index (χ4n) is 8.32. The third kappa shape index (κ3) is 2.90. The van der Waals surface area contributed by atoms with Crippen molar-refractivity contribution < 1.29 is 10.2 Å². The predicted octanol–water partition coefficient (Wildman–Crippen LogP) is 5.17. The molecule has 0 aromatic rings. The molecule has 0 aromatic heterocycles. The third-order valence-electron chi connectivity index (χ3n) is 9.66. The van der Waals surface area contributed by atoms with Crippen LogP contribution in [0.2, 0.25) is 0 Å². The highest BCUT2D eigenvalue weighted by Crippen LogP contribution is 2.63. The lowest BCUT2D eigenvalue weighted by Gasteiger charge is -2.61. The lowest BCUT2D eigenvalue weighted by atomic mass is 9.44. The van der Waals surface area contributed by atoms with Gasteiger partial charge < -0.3 is 10.2 Å². The highest BCUT2D eigenvalue weighted by molar-refractivity contribution is 5.06. The zero-order valence-corrected chi connectivity index (χ0v) is 16.7. The van der Waals surface area contributed by atoms with Crippen molar-refractivity contribution in [3.8, 4) is 0 Å². The van der Waals surface area contributed by atoms with Crippen LogP contribution in [0.15, 0.2) is 0 Å². The number of aliphatic hydroxyl groups is 2. The van der Waals surface area contributed by atoms with Crippen LogP contribution < -0.4 is 0 Å². The number of rotatable bonds is 2. The molecular formula is C23H40O2. The summed E-state index contributed by atoms with van der Waals surface area (Å²) in [6.07, 6.45) is 13.6. The quantitative estimate of drug-likeness (QED) is 0.723. The van der Waals surface area contributed by atoms with Crippen molar-refractivity contribution >= 4 is 0 Å². The van der Waals surface area contributed by atoms with Crippen LogP contribution in [-0.2, 0) is 0 Å². The van der Waals surface area contributed by atoms with Gasteiger partial charge in [0.05, 0.1) is 11.7 Å². The number of hydrogen-bond acceptors (Lipinski definition) is 2. The van der Waals surface area contributed by atoms with Crippen molar-refractivity contribution in [3.05, 3.63) is 0 Å². The smallest absolute Gasteiger partial charge is 0.0648 e. The standard InChI is InChI=1S/C23H40O2/c1-4-23(25)13-11-17-16(14-23)8-9-19-18(17)10-12-22(3)20(15(2)24)6-5-7-21(19)22/h15-21,24-25H,4-14H2,1-3H3/t15?,16-,17-,18+,19+,20?,21-,22+,23+/m0/s1. The normalized spacial score (nSPS) is 54.1. The van der Waals surface area contributed by atoms with Crippen molar-refractivity contribution in [2.24, 2.45) is 40.9 Å². The molecule has 4 rings (SSSR count). The Balaban J connectivity index is 1.54. The molecule has 0 bridgehead atoms. The zero-order chi connectivity index (χ0) is 17.8. The second-order valence-corrected chi connectivity index (χ2v) is 10.6. The topological polar surface area (TPSA) is 40.5 Å². The van der Waals surface area contributed by atoms with E-state index in [9.17, 15) is 10.2 Å². The molecule has 4 aliphatic rings. The van der Waals surface area contributed by atoms with E-state index < -0.39 is 0 Å². The monoisotopic (exact) mass is 348 g/mol. The minimum atomic E-state index is -0.362. The number of hydrogen-bond donors (Lipinski definition) is 2. The molecule has 0 spiro atoms. The molecule has 9 atom stereocenters. The maximum Gasteiger partial charge on any atom is 0.0648 e. The van der Waals surface area contributed by atoms with Crippen LogP contribution in [0.1, 0.15) is 91.4 Å². The van der Waals surface area contributed by atoms with Crippen molar-refractivity contribution in [2.75, 3.05) is 0 Å². The molecule has 25 heavy (non-hydrogen) atoms. The summed E-state index contributed by atoms with van der Waals surface area (Å²) in [6.45, 7) is 6.72. The Hall–Kier alpha value is -0.0800. The summed E-state index contributed by atoms with van der Waals surface area (Å²) in [6, 6.07) is 0. The van der Waals surface area contributed by atoms with Gasteiger partial charge in [-0.05, 0) is 112 Å². The molecule has 144 valence electrons. The van der Waals surface area contributed by atoms with Gasteiger partial charge in [-0.15, -0.1) is 0 Å². The molecule has 2 heteroatoms. The minimum absolute atomic E-state index is 0.144. The third-order valence-corrected chi connectivity index (χ3v) is 9.66. The van der Waals surface area contributed by atoms with Crippen LogP contribution in [0.5, 0.6) is 0 Å². The SMILES string of the molecule is CC[C@@]1(O)CC[C@H]2[C@@H](CC[C@@H]3[C@@H]2CC[C@]2(C)C(C(C)O)CCC[C@@H]32)C1. The molecule has 0 saturated heterocycles. The molecule has 0 heterocycles. The van der Waals surface area contributed by atoms with Crippen LogP contribution in [-0.4, -0.2) is 21.9 Å². The maximum atomic E-state index is 10.8. The van der Waals surface area contributed by atoms with Crippen molar-refractivity contribution in [2.45, 2.75) is 103 Å². The second kappa shape index (κ2) is 6.51. The lowest BCUT2D eigenvalue weighted by molar-refractivity contribution is -0.144. The molecule has 4 aliphatic carbocycles. The largest absolute Gasteiger partial charge is 0.393 e. The van der Waals surface area contributed by atoms with Crippen molar-refractivity contribution in [3.63, 3.8) is 0 Å². The highest BCUT2D eigenvalue weighted by atomic mass is 16.3. The summed E-state index contributed by atoms with van der Waals surface area (Å²) in [5.74, 6) is 4.82. The molecule has 4 fully saturated rings. The number of aliphatic hydroxyl groups excluding tert-OH is 1. The summed E-state index contributed by atoms with van der Waals surface area (Å²) >= 11 is 0. The molecule has 0 aromatic carbocycles. The second-order valence-electron chi connectivity index (χ2n) is 10.6. The zero-order valence-electron chi connectivity index (χ0n) is 16.7. The first-order valence-corrected chi connectivity index (χ1v) is 11.3. The van der Waals surface area contributed by atoms with Gasteiger partial charge >= 0.3 is 0 Å². The van der Waals surface area contributed by atoms with Crippen molar-refractivity contribution in [1.82, 2.24) is 0 Å². The van der Waals surface area contributed by atoms with Gasteiger partial charge in [0.2, 0.25) is 0 Å². The van der Waals surface area contributed by atoms with Gasteiger partial charge in [0.1, 0.15) is 0 Å². The van der Waals surface area contributed by atoms with E-state index in [0.29, 0.717) is 11.3 Å². The lowest BCUT2D eigenvalue weighted by Crippen LogP contribution is -2.55. The fraction of sp³-hybridized carbons (Fsp3) is 1.00. The molecule has 2 N–H and O–H groups in total. The Morgan fingerprint density at radius 2 is 1.72 bits per heavy atom. The number of fused-ring (bicyclic) bond motifs is 5. The predicted molar refractivity (Wildman–Crippen MR) is 102 cm³/mol. The van der Waals surface area contributed by atoms with E-state index in [-0.39, 0.29) is 11.7 Å². The average Bonchev–Trinajstić information content (AvgIpc) is 2.59. The summed E-state index contributed by atoms with van der Waals surface area (Å²) < 4.78 is 0. The molecule has 0 radical (unpaired) electrons. The summed E-state index contributed by atoms with van der Waals surface area (Å²) in [5, 5.41) is 21.2. The Morgan fingerprint density at radius 3 is 2.44 bits per heavy atom. The van der Waals surface area contributed by atoms with E-state index in [2.05, 4.69) is 13.8 Å². The molecule has 0 aliphatic heterocycles. The Kier molecular flexibility index (Phi) is 4.77. The van der Waals surface area contributed by atoms with Crippen LogP contribution in [0.3, 0.4) is 0 Å². The fourth-order valence-corrected chi connectivity index (χ4v) is 8.32. The minimum Gasteiger partial charge on any atom is -0.393 e. The van der Waals surface area contributed by atoms with Gasteiger partial charge in [0.25, 0.3) is 0 Å². The van der Waals surface area contributed by atoms with Gasteiger partial charge in [-0.1, -0.05) is 20.3 Å². The Morgan fingerprint density at radius 1 is 0.960 bits per heavy atom. The van der Waals surface area contributed by atoms with Crippen LogP contribution in [0, 0.1) is 40.9 Å². The van der Waals surface area contributed by atoms with Crippen LogP contribution in [0.25, 0.3) is 0 Å². The summed E-state index contributed by atoms with van der Waals surface area (Å²) in [5.41, 5.74) is 0.0126. The first-order valence-electron chi connectivity index (χ1n) is 11.3. The van der Waals surface area contributed by atoms with Gasteiger partial charge in [0.15, 0.2) is 0 Å². The first kappa shape index (κ1) is 18.3. The Bertz CT molecular complexity index is 488. The van der Waals surface area contributed by atoms with E-state index in [4.69, 9.17) is 0 Å². The molecule has 4 saturated carbocycles. The van der Waals surface area contributed by atoms with E-state index >= 15 is 0 Å². The van der Waals surface area contributed by atoms with E-state index in [1.807, 2.05) is 6.92 Å². The van der Waals surface area contributed by atoms with E-state index in [1.54, 1.807) is 0 Å². The van der Waals surface area contributed by atoms with Crippen LogP contribution in [0.4, 0.5) is 0 Å². The Labute approximate surface area is 154 Å².